The van der Waals surface area contributed by atoms with E-state index >= 15 is 0 Å². The fourth-order valence-electron chi connectivity index (χ4n) is 5.88. The predicted molar refractivity (Wildman–Crippen MR) is 145 cm³/mol. The molecule has 0 bridgehead atoms. The molecule has 0 spiro atoms. The number of aromatic nitrogens is 1. The van der Waals surface area contributed by atoms with Gasteiger partial charge in [0.05, 0.1) is 5.56 Å². The van der Waals surface area contributed by atoms with Gasteiger partial charge in [0.15, 0.2) is 0 Å². The Morgan fingerprint density at radius 2 is 1.56 bits per heavy atom. The molecule has 8 heteroatoms. The second kappa shape index (κ2) is 10.4. The van der Waals surface area contributed by atoms with Gasteiger partial charge in [0.2, 0.25) is 0 Å². The number of nitrogens with zero attached hydrogens (tertiary/aromatic N) is 1. The van der Waals surface area contributed by atoms with Gasteiger partial charge in [-0.05, 0) is 100 Å². The lowest BCUT2D eigenvalue weighted by atomic mass is 9.95. The van der Waals surface area contributed by atoms with Crippen LogP contribution >= 0.6 is 22.7 Å². The predicted octanol–water partition coefficient (Wildman–Crippen LogP) is 6.78. The molecule has 1 saturated carbocycles. The molecule has 0 radical (unpaired) electrons. The van der Waals surface area contributed by atoms with Crippen molar-refractivity contribution in [2.45, 2.75) is 89.7 Å². The topological polar surface area (TPSA) is 72.4 Å². The van der Waals surface area contributed by atoms with E-state index in [0.29, 0.717) is 17.1 Å². The number of ether oxygens (including phenoxy) is 1. The first-order valence-corrected chi connectivity index (χ1v) is 15.0. The number of fused-ring (bicyclic) bond motifs is 2. The minimum absolute atomic E-state index is 0.00944. The number of esters is 1. The standard InChI is InChI=1S/C28H33N3O3S2/c32-27(34-18-9-1-2-10-18)24-20-12-4-6-14-23(20)35-25(24)30-28(33)29-17-21-19-11-3-5-13-22(19)36-26(21)31-15-7-8-16-31/h7-8,15-16,18H,1-6,9-14,17H2,(H2,29,30,33). The summed E-state index contributed by atoms with van der Waals surface area (Å²) in [6.45, 7) is 0.470. The lowest BCUT2D eigenvalue weighted by Crippen LogP contribution is -2.29. The first kappa shape index (κ1) is 23.8. The van der Waals surface area contributed by atoms with Gasteiger partial charge in [0.1, 0.15) is 16.1 Å². The number of hydrogen-bond donors (Lipinski definition) is 2. The summed E-state index contributed by atoms with van der Waals surface area (Å²) in [5.74, 6) is -0.265. The van der Waals surface area contributed by atoms with Crippen LogP contribution in [0.4, 0.5) is 9.80 Å². The van der Waals surface area contributed by atoms with Gasteiger partial charge >= 0.3 is 12.0 Å². The third-order valence-corrected chi connectivity index (χ3v) is 10.3. The molecule has 36 heavy (non-hydrogen) atoms. The Morgan fingerprint density at radius 1 is 0.889 bits per heavy atom. The number of rotatable bonds is 6. The number of carbonyl (C=O) groups is 2. The van der Waals surface area contributed by atoms with Crippen LogP contribution in [-0.2, 0) is 37.0 Å². The summed E-state index contributed by atoms with van der Waals surface area (Å²) in [6, 6.07) is 3.80. The molecule has 3 aliphatic carbocycles. The van der Waals surface area contributed by atoms with E-state index in [-0.39, 0.29) is 18.1 Å². The lowest BCUT2D eigenvalue weighted by Gasteiger charge is -2.16. The third-order valence-electron chi connectivity index (χ3n) is 7.70. The van der Waals surface area contributed by atoms with Crippen molar-refractivity contribution in [3.05, 3.63) is 56.5 Å². The molecule has 2 N–H and O–H groups in total. The number of carbonyl (C=O) groups excluding carboxylic acids is 2. The summed E-state index contributed by atoms with van der Waals surface area (Å²) in [5, 5.41) is 7.97. The molecule has 0 atom stereocenters. The highest BCUT2D eigenvalue weighted by atomic mass is 32.1. The van der Waals surface area contributed by atoms with E-state index in [0.717, 1.165) is 69.8 Å². The van der Waals surface area contributed by atoms with E-state index in [4.69, 9.17) is 4.74 Å². The number of anilines is 1. The van der Waals surface area contributed by atoms with Crippen LogP contribution < -0.4 is 10.6 Å². The molecule has 6 nitrogen and oxygen atoms in total. The quantitative estimate of drug-likeness (QED) is 0.350. The van der Waals surface area contributed by atoms with Crippen LogP contribution in [-0.4, -0.2) is 22.7 Å². The van der Waals surface area contributed by atoms with Crippen molar-refractivity contribution in [2.24, 2.45) is 0 Å². The van der Waals surface area contributed by atoms with Crippen LogP contribution in [0.3, 0.4) is 0 Å². The zero-order valence-electron chi connectivity index (χ0n) is 20.6. The third kappa shape index (κ3) is 4.73. The summed E-state index contributed by atoms with van der Waals surface area (Å²) in [5.41, 5.74) is 4.30. The highest BCUT2D eigenvalue weighted by Gasteiger charge is 2.30. The maximum Gasteiger partial charge on any atom is 0.341 e. The summed E-state index contributed by atoms with van der Waals surface area (Å²) in [7, 11) is 0. The monoisotopic (exact) mass is 523 g/mol. The van der Waals surface area contributed by atoms with Gasteiger partial charge in [-0.15, -0.1) is 22.7 Å². The van der Waals surface area contributed by atoms with Gasteiger partial charge in [0, 0.05) is 34.3 Å². The molecule has 2 amide bonds. The van der Waals surface area contributed by atoms with E-state index in [2.05, 4.69) is 27.6 Å². The molecule has 0 aromatic carbocycles. The molecular formula is C28H33N3O3S2. The minimum atomic E-state index is -0.266. The fourth-order valence-corrected chi connectivity index (χ4v) is 8.53. The normalized spacial score (nSPS) is 17.4. The van der Waals surface area contributed by atoms with Crippen LogP contribution in [0.2, 0.25) is 0 Å². The molecule has 3 heterocycles. The first-order valence-electron chi connectivity index (χ1n) is 13.3. The van der Waals surface area contributed by atoms with Crippen molar-refractivity contribution < 1.29 is 14.3 Å². The summed E-state index contributed by atoms with van der Waals surface area (Å²) in [4.78, 5) is 29.0. The van der Waals surface area contributed by atoms with Crippen molar-refractivity contribution in [1.82, 2.24) is 9.88 Å². The summed E-state index contributed by atoms with van der Waals surface area (Å²) < 4.78 is 8.03. The van der Waals surface area contributed by atoms with Gasteiger partial charge < -0.3 is 14.6 Å². The zero-order chi connectivity index (χ0) is 24.5. The van der Waals surface area contributed by atoms with E-state index < -0.39 is 0 Å². The molecule has 3 aliphatic rings. The maximum absolute atomic E-state index is 13.2. The number of aryl methyl sites for hydroxylation is 2. The van der Waals surface area contributed by atoms with Gasteiger partial charge in [-0.1, -0.05) is 0 Å². The SMILES string of the molecule is O=C(NCc1c(-n2cccc2)sc2c1CCCC2)Nc1sc2c(c1C(=O)OC1CCCC1)CCCC2. The summed E-state index contributed by atoms with van der Waals surface area (Å²) in [6.07, 6.45) is 16.9. The fraction of sp³-hybridized carbons (Fsp3) is 0.500. The van der Waals surface area contributed by atoms with Crippen molar-refractivity contribution in [2.75, 3.05) is 5.32 Å². The Morgan fingerprint density at radius 3 is 2.31 bits per heavy atom. The average molecular weight is 524 g/mol. The van der Waals surface area contributed by atoms with Crippen molar-refractivity contribution in [3.8, 4) is 5.00 Å². The van der Waals surface area contributed by atoms with E-state index in [1.165, 1.54) is 38.7 Å². The molecular weight excluding hydrogens is 490 g/mol. The zero-order valence-corrected chi connectivity index (χ0v) is 22.2. The summed E-state index contributed by atoms with van der Waals surface area (Å²) >= 11 is 3.40. The van der Waals surface area contributed by atoms with Gasteiger partial charge in [0.25, 0.3) is 0 Å². The van der Waals surface area contributed by atoms with E-state index in [9.17, 15) is 9.59 Å². The minimum Gasteiger partial charge on any atom is -0.459 e. The number of amides is 2. The largest absolute Gasteiger partial charge is 0.459 e. The van der Waals surface area contributed by atoms with E-state index in [1.807, 2.05) is 23.5 Å². The van der Waals surface area contributed by atoms with Gasteiger partial charge in [-0.25, -0.2) is 9.59 Å². The molecule has 0 aliphatic heterocycles. The van der Waals surface area contributed by atoms with Gasteiger partial charge in [-0.2, -0.15) is 0 Å². The number of thiophene rings is 2. The van der Waals surface area contributed by atoms with Crippen LogP contribution in [0, 0.1) is 0 Å². The highest BCUT2D eigenvalue weighted by molar-refractivity contribution is 7.17. The Labute approximate surface area is 220 Å². The van der Waals surface area contributed by atoms with Crippen LogP contribution in [0.1, 0.15) is 88.2 Å². The molecule has 190 valence electrons. The molecule has 1 fully saturated rings. The second-order valence-corrected chi connectivity index (χ2v) is 12.3. The molecule has 0 saturated heterocycles. The molecule has 0 unspecified atom stereocenters. The van der Waals surface area contributed by atoms with Crippen LogP contribution in [0.15, 0.2) is 24.5 Å². The van der Waals surface area contributed by atoms with Gasteiger partial charge in [-0.3, -0.25) is 5.32 Å². The lowest BCUT2D eigenvalue weighted by molar-refractivity contribution is 0.0318. The van der Waals surface area contributed by atoms with Crippen LogP contribution in [0.25, 0.3) is 5.00 Å². The molecule has 6 rings (SSSR count). The highest BCUT2D eigenvalue weighted by Crippen LogP contribution is 2.40. The number of urea groups is 1. The Hall–Kier alpha value is -2.58. The first-order chi connectivity index (χ1) is 17.7. The average Bonchev–Trinajstić information content (AvgIpc) is 3.68. The van der Waals surface area contributed by atoms with Crippen molar-refractivity contribution in [3.63, 3.8) is 0 Å². The second-order valence-electron chi connectivity index (χ2n) is 10.1. The van der Waals surface area contributed by atoms with E-state index in [1.54, 1.807) is 11.3 Å². The molecule has 3 aromatic heterocycles. The number of nitrogens with one attached hydrogen (secondary N) is 2. The van der Waals surface area contributed by atoms with Crippen LogP contribution in [0.5, 0.6) is 0 Å². The Balaban J connectivity index is 1.21. The maximum atomic E-state index is 13.2. The molecule has 3 aromatic rings. The Kier molecular flexibility index (Phi) is 6.89. The van der Waals surface area contributed by atoms with Crippen molar-refractivity contribution in [1.29, 1.82) is 0 Å². The van der Waals surface area contributed by atoms with Crippen molar-refractivity contribution >= 4 is 39.7 Å². The Bertz CT molecular complexity index is 1250. The number of hydrogen-bond acceptors (Lipinski definition) is 5. The smallest absolute Gasteiger partial charge is 0.341 e.